The molecule has 0 saturated carbocycles. The van der Waals surface area contributed by atoms with Crippen LogP contribution in [0.1, 0.15) is 16.7 Å². The van der Waals surface area contributed by atoms with Crippen LogP contribution >= 0.6 is 15.9 Å². The van der Waals surface area contributed by atoms with Crippen LogP contribution in [0.3, 0.4) is 0 Å². The third-order valence-corrected chi connectivity index (χ3v) is 4.64. The van der Waals surface area contributed by atoms with Gasteiger partial charge in [0, 0.05) is 15.8 Å². The van der Waals surface area contributed by atoms with Crippen molar-refractivity contribution >= 4 is 39.1 Å². The van der Waals surface area contributed by atoms with Crippen molar-refractivity contribution in [2.45, 2.75) is 20.8 Å². The molecule has 0 fully saturated rings. The first-order valence-corrected chi connectivity index (χ1v) is 8.38. The summed E-state index contributed by atoms with van der Waals surface area (Å²) in [6, 6.07) is 12.2. The Labute approximate surface area is 149 Å². The van der Waals surface area contributed by atoms with Crippen LogP contribution in [0.2, 0.25) is 0 Å². The Morgan fingerprint density at radius 1 is 0.833 bits per heavy atom. The average molecular weight is 384 g/mol. The zero-order chi connectivity index (χ0) is 17.1. The molecule has 6 heteroatoms. The minimum Gasteiger partial charge on any atom is -0.339 e. The van der Waals surface area contributed by atoms with Crippen molar-refractivity contribution in [3.8, 4) is 0 Å². The van der Waals surface area contributed by atoms with Crippen molar-refractivity contribution in [3.63, 3.8) is 0 Å². The molecule has 5 nitrogen and oxygen atoms in total. The number of nitrogens with one attached hydrogen (secondary N) is 2. The Morgan fingerprint density at radius 2 is 1.54 bits per heavy atom. The van der Waals surface area contributed by atoms with Crippen LogP contribution in [0.15, 0.2) is 47.1 Å². The van der Waals surface area contributed by atoms with E-state index in [1.807, 2.05) is 31.2 Å². The molecule has 24 heavy (non-hydrogen) atoms. The standard InChI is InChI=1S/C18H18BrN5/c1-11-4-5-14(8-12(11)2)21-17-10-20-24-18(23-17)22-15-6-7-16(19)13(3)9-15/h4-10H,1-3H3,(H2,21,22,23,24). The topological polar surface area (TPSA) is 62.7 Å². The highest BCUT2D eigenvalue weighted by Gasteiger charge is 2.04. The fourth-order valence-corrected chi connectivity index (χ4v) is 2.48. The summed E-state index contributed by atoms with van der Waals surface area (Å²) < 4.78 is 1.07. The molecule has 0 aliphatic carbocycles. The number of hydrogen-bond donors (Lipinski definition) is 2. The van der Waals surface area contributed by atoms with Gasteiger partial charge >= 0.3 is 0 Å². The normalized spacial score (nSPS) is 10.5. The Bertz CT molecular complexity index is 810. The predicted octanol–water partition coefficient (Wildman–Crippen LogP) is 5.05. The SMILES string of the molecule is Cc1ccc(Nc2cnnc(Nc3ccc(Br)c(C)c3)n2)cc1C. The first-order chi connectivity index (χ1) is 11.5. The van der Waals surface area contributed by atoms with Crippen LogP contribution < -0.4 is 10.6 Å². The third kappa shape index (κ3) is 3.89. The van der Waals surface area contributed by atoms with Crippen molar-refractivity contribution in [1.29, 1.82) is 0 Å². The molecule has 0 saturated heterocycles. The maximum atomic E-state index is 4.46. The van der Waals surface area contributed by atoms with E-state index >= 15 is 0 Å². The first-order valence-electron chi connectivity index (χ1n) is 7.58. The van der Waals surface area contributed by atoms with Gasteiger partial charge in [-0.2, -0.15) is 10.1 Å². The smallest absolute Gasteiger partial charge is 0.249 e. The first kappa shape index (κ1) is 16.4. The number of aryl methyl sites for hydroxylation is 3. The van der Waals surface area contributed by atoms with E-state index in [0.29, 0.717) is 11.8 Å². The summed E-state index contributed by atoms with van der Waals surface area (Å²) in [6.07, 6.45) is 1.60. The molecule has 0 aliphatic rings. The highest BCUT2D eigenvalue weighted by atomic mass is 79.9. The molecule has 0 radical (unpaired) electrons. The minimum atomic E-state index is 0.450. The second-order valence-electron chi connectivity index (χ2n) is 5.68. The summed E-state index contributed by atoms with van der Waals surface area (Å²) in [5.41, 5.74) is 5.52. The van der Waals surface area contributed by atoms with Gasteiger partial charge in [0.25, 0.3) is 0 Å². The summed E-state index contributed by atoms with van der Waals surface area (Å²) >= 11 is 3.49. The Hall–Kier alpha value is -2.47. The van der Waals surface area contributed by atoms with Gasteiger partial charge in [-0.05, 0) is 67.8 Å². The zero-order valence-electron chi connectivity index (χ0n) is 13.8. The number of aromatic nitrogens is 3. The highest BCUT2D eigenvalue weighted by Crippen LogP contribution is 2.22. The molecule has 0 unspecified atom stereocenters. The van der Waals surface area contributed by atoms with Crippen LogP contribution in [0.4, 0.5) is 23.1 Å². The zero-order valence-corrected chi connectivity index (χ0v) is 15.3. The molecule has 1 aromatic heterocycles. The van der Waals surface area contributed by atoms with Gasteiger partial charge in [0.2, 0.25) is 5.95 Å². The number of hydrogen-bond acceptors (Lipinski definition) is 5. The summed E-state index contributed by atoms with van der Waals surface area (Å²) in [7, 11) is 0. The van der Waals surface area contributed by atoms with E-state index in [0.717, 1.165) is 21.4 Å². The predicted molar refractivity (Wildman–Crippen MR) is 101 cm³/mol. The van der Waals surface area contributed by atoms with E-state index in [1.54, 1.807) is 6.20 Å². The molecule has 122 valence electrons. The number of benzene rings is 2. The number of halogens is 1. The summed E-state index contributed by atoms with van der Waals surface area (Å²) in [4.78, 5) is 4.46. The van der Waals surface area contributed by atoms with Crippen LogP contribution in [-0.4, -0.2) is 15.2 Å². The van der Waals surface area contributed by atoms with Gasteiger partial charge < -0.3 is 10.6 Å². The molecule has 3 aromatic rings. The van der Waals surface area contributed by atoms with Gasteiger partial charge in [-0.25, -0.2) is 0 Å². The van der Waals surface area contributed by atoms with E-state index in [2.05, 4.69) is 67.7 Å². The minimum absolute atomic E-state index is 0.450. The van der Waals surface area contributed by atoms with Crippen molar-refractivity contribution in [1.82, 2.24) is 15.2 Å². The van der Waals surface area contributed by atoms with Crippen LogP contribution in [0.25, 0.3) is 0 Å². The fourth-order valence-electron chi connectivity index (χ4n) is 2.24. The Balaban J connectivity index is 1.78. The molecule has 3 rings (SSSR count). The van der Waals surface area contributed by atoms with Gasteiger partial charge in [0.1, 0.15) is 0 Å². The van der Waals surface area contributed by atoms with Crippen molar-refractivity contribution in [2.24, 2.45) is 0 Å². The lowest BCUT2D eigenvalue weighted by atomic mass is 10.1. The maximum Gasteiger partial charge on any atom is 0.249 e. The van der Waals surface area contributed by atoms with E-state index in [-0.39, 0.29) is 0 Å². The molecular formula is C18H18BrN5. The van der Waals surface area contributed by atoms with Gasteiger partial charge in [0.15, 0.2) is 5.82 Å². The van der Waals surface area contributed by atoms with E-state index < -0.39 is 0 Å². The lowest BCUT2D eigenvalue weighted by Gasteiger charge is -2.10. The van der Waals surface area contributed by atoms with Gasteiger partial charge in [-0.1, -0.05) is 22.0 Å². The number of anilines is 4. The second kappa shape index (κ2) is 6.97. The van der Waals surface area contributed by atoms with Crippen LogP contribution in [0.5, 0.6) is 0 Å². The third-order valence-electron chi connectivity index (χ3n) is 3.75. The molecule has 0 amide bonds. The average Bonchev–Trinajstić information content (AvgIpc) is 2.55. The lowest BCUT2D eigenvalue weighted by molar-refractivity contribution is 0.982. The van der Waals surface area contributed by atoms with Crippen molar-refractivity contribution < 1.29 is 0 Å². The van der Waals surface area contributed by atoms with E-state index in [9.17, 15) is 0 Å². The largest absolute Gasteiger partial charge is 0.339 e. The molecule has 1 heterocycles. The molecule has 0 aliphatic heterocycles. The van der Waals surface area contributed by atoms with Crippen molar-refractivity contribution in [2.75, 3.05) is 10.6 Å². The van der Waals surface area contributed by atoms with E-state index in [1.165, 1.54) is 11.1 Å². The molecule has 2 N–H and O–H groups in total. The molecule has 0 bridgehead atoms. The number of nitrogens with zero attached hydrogens (tertiary/aromatic N) is 3. The lowest BCUT2D eigenvalue weighted by Crippen LogP contribution is -2.02. The summed E-state index contributed by atoms with van der Waals surface area (Å²) in [6.45, 7) is 6.21. The molecular weight excluding hydrogens is 366 g/mol. The number of rotatable bonds is 4. The van der Waals surface area contributed by atoms with Gasteiger partial charge in [0.05, 0.1) is 6.20 Å². The Morgan fingerprint density at radius 3 is 2.29 bits per heavy atom. The Kier molecular flexibility index (Phi) is 4.76. The molecule has 0 spiro atoms. The van der Waals surface area contributed by atoms with Gasteiger partial charge in [-0.3, -0.25) is 0 Å². The summed E-state index contributed by atoms with van der Waals surface area (Å²) in [5, 5.41) is 14.5. The second-order valence-corrected chi connectivity index (χ2v) is 6.53. The van der Waals surface area contributed by atoms with Gasteiger partial charge in [-0.15, -0.1) is 5.10 Å². The summed E-state index contributed by atoms with van der Waals surface area (Å²) in [5.74, 6) is 1.09. The monoisotopic (exact) mass is 383 g/mol. The molecule has 0 atom stereocenters. The van der Waals surface area contributed by atoms with E-state index in [4.69, 9.17) is 0 Å². The quantitative estimate of drug-likeness (QED) is 0.659. The maximum absolute atomic E-state index is 4.46. The van der Waals surface area contributed by atoms with Crippen molar-refractivity contribution in [3.05, 3.63) is 63.8 Å². The highest BCUT2D eigenvalue weighted by molar-refractivity contribution is 9.10. The van der Waals surface area contributed by atoms with Crippen LogP contribution in [-0.2, 0) is 0 Å². The fraction of sp³-hybridized carbons (Fsp3) is 0.167. The van der Waals surface area contributed by atoms with Crippen LogP contribution in [0, 0.1) is 20.8 Å². The molecule has 2 aromatic carbocycles.